The highest BCUT2D eigenvalue weighted by molar-refractivity contribution is 6.30. The van der Waals surface area contributed by atoms with Crippen molar-refractivity contribution in [1.82, 2.24) is 4.90 Å². The van der Waals surface area contributed by atoms with Crippen molar-refractivity contribution in [3.05, 3.63) is 64.2 Å². The summed E-state index contributed by atoms with van der Waals surface area (Å²) in [5.74, 6) is 0.600. The second kappa shape index (κ2) is 4.78. The zero-order chi connectivity index (χ0) is 14.4. The molecular formula is C17H16ClN3. The molecule has 0 aromatic heterocycles. The van der Waals surface area contributed by atoms with Crippen molar-refractivity contribution in [3.8, 4) is 0 Å². The number of rotatable bonds is 1. The highest BCUT2D eigenvalue weighted by Gasteiger charge is 2.30. The molecule has 106 valence electrons. The minimum Gasteiger partial charge on any atom is -0.369 e. The average Bonchev–Trinajstić information content (AvgIpc) is 2.90. The smallest absolute Gasteiger partial charge is 0.197 e. The molecule has 21 heavy (non-hydrogen) atoms. The fraction of sp³-hybridized carbons (Fsp3) is 0.235. The molecule has 0 radical (unpaired) electrons. The van der Waals surface area contributed by atoms with Crippen LogP contribution in [0, 0.1) is 0 Å². The molecule has 1 heterocycles. The van der Waals surface area contributed by atoms with Gasteiger partial charge in [-0.25, -0.2) is 4.99 Å². The van der Waals surface area contributed by atoms with Crippen LogP contribution in [-0.2, 0) is 19.4 Å². The highest BCUT2D eigenvalue weighted by atomic mass is 35.5. The Morgan fingerprint density at radius 2 is 1.76 bits per heavy atom. The van der Waals surface area contributed by atoms with Crippen LogP contribution in [0.4, 0.5) is 5.69 Å². The minimum atomic E-state index is 0.398. The second-order valence-corrected chi connectivity index (χ2v) is 6.14. The van der Waals surface area contributed by atoms with Crippen LogP contribution in [0.15, 0.2) is 47.5 Å². The van der Waals surface area contributed by atoms with E-state index in [2.05, 4.69) is 34.2 Å². The van der Waals surface area contributed by atoms with Crippen molar-refractivity contribution in [2.24, 2.45) is 10.7 Å². The monoisotopic (exact) mass is 297 g/mol. The van der Waals surface area contributed by atoms with Gasteiger partial charge in [-0.1, -0.05) is 41.9 Å². The van der Waals surface area contributed by atoms with Crippen LogP contribution < -0.4 is 5.73 Å². The summed E-state index contributed by atoms with van der Waals surface area (Å²) in [6, 6.07) is 14.9. The van der Waals surface area contributed by atoms with E-state index in [0.717, 1.165) is 25.1 Å². The fourth-order valence-corrected chi connectivity index (χ4v) is 3.47. The Morgan fingerprint density at radius 1 is 1.05 bits per heavy atom. The predicted molar refractivity (Wildman–Crippen MR) is 85.9 cm³/mol. The topological polar surface area (TPSA) is 41.6 Å². The Hall–Kier alpha value is -2.00. The number of aliphatic imine (C=N–C) groups is 1. The summed E-state index contributed by atoms with van der Waals surface area (Å²) < 4.78 is 0. The van der Waals surface area contributed by atoms with Crippen molar-refractivity contribution in [2.75, 3.05) is 0 Å². The molecule has 2 aromatic carbocycles. The lowest BCUT2D eigenvalue weighted by molar-refractivity contribution is 0.305. The average molecular weight is 298 g/mol. The van der Waals surface area contributed by atoms with E-state index in [0.29, 0.717) is 17.0 Å². The summed E-state index contributed by atoms with van der Waals surface area (Å²) in [4.78, 5) is 6.75. The third-order valence-corrected chi connectivity index (χ3v) is 4.62. The summed E-state index contributed by atoms with van der Waals surface area (Å²) in [5.41, 5.74) is 11.1. The number of guanidine groups is 1. The first kappa shape index (κ1) is 12.7. The molecular weight excluding hydrogens is 282 g/mol. The SMILES string of the molecule is NC1=Nc2cc(Cl)ccc2CN1C1Cc2ccccc2C1. The van der Waals surface area contributed by atoms with Gasteiger partial charge in [0, 0.05) is 17.6 Å². The Kier molecular flexibility index (Phi) is 2.89. The standard InChI is InChI=1S/C17H16ClN3/c18-14-6-5-13-10-21(17(19)20-16(13)9-14)15-7-11-3-1-2-4-12(11)8-15/h1-6,9,15H,7-8,10H2,(H2,19,20). The number of fused-ring (bicyclic) bond motifs is 2. The predicted octanol–water partition coefficient (Wildman–Crippen LogP) is 3.27. The van der Waals surface area contributed by atoms with Crippen molar-refractivity contribution < 1.29 is 0 Å². The van der Waals surface area contributed by atoms with E-state index in [-0.39, 0.29) is 0 Å². The van der Waals surface area contributed by atoms with Gasteiger partial charge < -0.3 is 10.6 Å². The maximum atomic E-state index is 6.19. The van der Waals surface area contributed by atoms with Crippen LogP contribution in [0.2, 0.25) is 5.02 Å². The zero-order valence-corrected chi connectivity index (χ0v) is 12.3. The van der Waals surface area contributed by atoms with Gasteiger partial charge in [-0.15, -0.1) is 0 Å². The maximum Gasteiger partial charge on any atom is 0.197 e. The second-order valence-electron chi connectivity index (χ2n) is 5.70. The van der Waals surface area contributed by atoms with Gasteiger partial charge >= 0.3 is 0 Å². The summed E-state index contributed by atoms with van der Waals surface area (Å²) in [6.07, 6.45) is 2.07. The number of hydrogen-bond donors (Lipinski definition) is 1. The first-order valence-corrected chi connectivity index (χ1v) is 7.54. The van der Waals surface area contributed by atoms with E-state index in [4.69, 9.17) is 17.3 Å². The molecule has 0 unspecified atom stereocenters. The molecule has 0 spiro atoms. The molecule has 0 fully saturated rings. The lowest BCUT2D eigenvalue weighted by Gasteiger charge is -2.33. The fourth-order valence-electron chi connectivity index (χ4n) is 3.30. The zero-order valence-electron chi connectivity index (χ0n) is 11.6. The van der Waals surface area contributed by atoms with Gasteiger partial charge in [0.15, 0.2) is 5.96 Å². The summed E-state index contributed by atoms with van der Waals surface area (Å²) in [7, 11) is 0. The molecule has 1 aliphatic heterocycles. The van der Waals surface area contributed by atoms with Crippen LogP contribution in [0.1, 0.15) is 16.7 Å². The Bertz CT molecular complexity index is 714. The van der Waals surface area contributed by atoms with Crippen molar-refractivity contribution >= 4 is 23.2 Å². The highest BCUT2D eigenvalue weighted by Crippen LogP contribution is 2.32. The largest absolute Gasteiger partial charge is 0.369 e. The number of nitrogens with zero attached hydrogens (tertiary/aromatic N) is 2. The number of benzene rings is 2. The van der Waals surface area contributed by atoms with Gasteiger partial charge in [-0.05, 0) is 41.7 Å². The molecule has 2 aromatic rings. The third-order valence-electron chi connectivity index (χ3n) is 4.39. The molecule has 3 nitrogen and oxygen atoms in total. The lowest BCUT2D eigenvalue weighted by Crippen LogP contribution is -2.46. The van der Waals surface area contributed by atoms with Gasteiger partial charge in [0.2, 0.25) is 0 Å². The summed E-state index contributed by atoms with van der Waals surface area (Å²) in [6.45, 7) is 0.806. The van der Waals surface area contributed by atoms with Crippen LogP contribution in [0.5, 0.6) is 0 Å². The van der Waals surface area contributed by atoms with E-state index in [1.54, 1.807) is 0 Å². The Labute approximate surface area is 129 Å². The molecule has 2 N–H and O–H groups in total. The number of hydrogen-bond acceptors (Lipinski definition) is 3. The van der Waals surface area contributed by atoms with Crippen molar-refractivity contribution in [2.45, 2.75) is 25.4 Å². The quantitative estimate of drug-likeness (QED) is 0.878. The van der Waals surface area contributed by atoms with Gasteiger partial charge in [-0.3, -0.25) is 0 Å². The molecule has 0 saturated heterocycles. The van der Waals surface area contributed by atoms with Gasteiger partial charge in [0.1, 0.15) is 0 Å². The first-order valence-electron chi connectivity index (χ1n) is 7.17. The van der Waals surface area contributed by atoms with E-state index >= 15 is 0 Å². The molecule has 0 amide bonds. The van der Waals surface area contributed by atoms with Crippen molar-refractivity contribution in [3.63, 3.8) is 0 Å². The molecule has 0 atom stereocenters. The maximum absolute atomic E-state index is 6.19. The first-order chi connectivity index (χ1) is 10.2. The van der Waals surface area contributed by atoms with Gasteiger partial charge in [0.25, 0.3) is 0 Å². The van der Waals surface area contributed by atoms with Crippen LogP contribution >= 0.6 is 11.6 Å². The third kappa shape index (κ3) is 2.18. The Morgan fingerprint density at radius 3 is 2.48 bits per heavy atom. The summed E-state index contributed by atoms with van der Waals surface area (Å²) in [5, 5.41) is 0.701. The molecule has 0 bridgehead atoms. The van der Waals surface area contributed by atoms with Gasteiger partial charge in [-0.2, -0.15) is 0 Å². The number of nitrogens with two attached hydrogens (primary N) is 1. The molecule has 2 aliphatic rings. The van der Waals surface area contributed by atoms with Crippen LogP contribution in [0.3, 0.4) is 0 Å². The number of halogens is 1. The van der Waals surface area contributed by atoms with Crippen molar-refractivity contribution in [1.29, 1.82) is 0 Å². The van der Waals surface area contributed by atoms with E-state index in [1.165, 1.54) is 16.7 Å². The van der Waals surface area contributed by atoms with E-state index in [9.17, 15) is 0 Å². The van der Waals surface area contributed by atoms with Crippen LogP contribution in [0.25, 0.3) is 0 Å². The molecule has 1 aliphatic carbocycles. The minimum absolute atomic E-state index is 0.398. The molecule has 4 heteroatoms. The lowest BCUT2D eigenvalue weighted by atomic mass is 10.1. The normalized spacial score (nSPS) is 17.4. The Balaban J connectivity index is 1.63. The van der Waals surface area contributed by atoms with Crippen LogP contribution in [-0.4, -0.2) is 16.9 Å². The summed E-state index contributed by atoms with van der Waals surface area (Å²) >= 11 is 6.03. The van der Waals surface area contributed by atoms with Gasteiger partial charge in [0.05, 0.1) is 5.69 Å². The van der Waals surface area contributed by atoms with E-state index in [1.807, 2.05) is 18.2 Å². The molecule has 4 rings (SSSR count). The van der Waals surface area contributed by atoms with E-state index < -0.39 is 0 Å². The molecule has 0 saturated carbocycles.